The van der Waals surface area contributed by atoms with E-state index in [0.29, 0.717) is 6.04 Å². The van der Waals surface area contributed by atoms with Crippen LogP contribution in [-0.2, 0) is 4.74 Å². The van der Waals surface area contributed by atoms with Crippen LogP contribution >= 0.6 is 0 Å². The first kappa shape index (κ1) is 11.2. The minimum absolute atomic E-state index is 0.321. The molecule has 2 heteroatoms. The van der Waals surface area contributed by atoms with Gasteiger partial charge in [-0.25, -0.2) is 0 Å². The molecule has 1 atom stereocenters. The van der Waals surface area contributed by atoms with Crippen molar-refractivity contribution in [1.29, 1.82) is 0 Å². The number of ether oxygens (including phenoxy) is 1. The standard InChI is InChI=1S/C12H19NO/c1-3-9-13-12(10-14-2)11-7-5-4-6-8-11/h4-8,12-13H,3,9-10H2,1-2H3. The third-order valence-corrected chi connectivity index (χ3v) is 2.18. The van der Waals surface area contributed by atoms with Crippen molar-refractivity contribution < 1.29 is 4.74 Å². The van der Waals surface area contributed by atoms with Crippen LogP contribution < -0.4 is 5.32 Å². The van der Waals surface area contributed by atoms with Gasteiger partial charge in [-0.05, 0) is 18.5 Å². The molecular formula is C12H19NO. The van der Waals surface area contributed by atoms with Crippen LogP contribution in [0.5, 0.6) is 0 Å². The largest absolute Gasteiger partial charge is 0.383 e. The van der Waals surface area contributed by atoms with E-state index < -0.39 is 0 Å². The Kier molecular flexibility index (Phi) is 5.27. The molecule has 0 spiro atoms. The summed E-state index contributed by atoms with van der Waals surface area (Å²) in [5.41, 5.74) is 1.29. The van der Waals surface area contributed by atoms with Crippen molar-refractivity contribution in [3.05, 3.63) is 35.9 Å². The third-order valence-electron chi connectivity index (χ3n) is 2.18. The molecule has 0 heterocycles. The quantitative estimate of drug-likeness (QED) is 0.749. The summed E-state index contributed by atoms with van der Waals surface area (Å²) in [4.78, 5) is 0. The fraction of sp³-hybridized carbons (Fsp3) is 0.500. The fourth-order valence-corrected chi connectivity index (χ4v) is 1.44. The van der Waals surface area contributed by atoms with Gasteiger partial charge in [0.25, 0.3) is 0 Å². The molecule has 1 unspecified atom stereocenters. The minimum atomic E-state index is 0.321. The van der Waals surface area contributed by atoms with Gasteiger partial charge in [0.15, 0.2) is 0 Å². The number of nitrogens with one attached hydrogen (secondary N) is 1. The average Bonchev–Trinajstić information content (AvgIpc) is 2.25. The predicted molar refractivity (Wildman–Crippen MR) is 59.4 cm³/mol. The van der Waals surface area contributed by atoms with Crippen molar-refractivity contribution >= 4 is 0 Å². The van der Waals surface area contributed by atoms with E-state index in [1.807, 2.05) is 6.07 Å². The molecule has 0 saturated carbocycles. The van der Waals surface area contributed by atoms with Gasteiger partial charge in [0.2, 0.25) is 0 Å². The van der Waals surface area contributed by atoms with Crippen molar-refractivity contribution in [3.8, 4) is 0 Å². The highest BCUT2D eigenvalue weighted by molar-refractivity contribution is 5.18. The predicted octanol–water partition coefficient (Wildman–Crippen LogP) is 2.37. The molecule has 78 valence electrons. The lowest BCUT2D eigenvalue weighted by Gasteiger charge is -2.17. The van der Waals surface area contributed by atoms with Gasteiger partial charge in [-0.15, -0.1) is 0 Å². The summed E-state index contributed by atoms with van der Waals surface area (Å²) in [6, 6.07) is 10.7. The SMILES string of the molecule is CCCNC(COC)c1ccccc1. The van der Waals surface area contributed by atoms with Crippen molar-refractivity contribution in [1.82, 2.24) is 5.32 Å². The molecule has 0 aliphatic heterocycles. The lowest BCUT2D eigenvalue weighted by Crippen LogP contribution is -2.25. The molecule has 0 aromatic heterocycles. The summed E-state index contributed by atoms with van der Waals surface area (Å²) >= 11 is 0. The van der Waals surface area contributed by atoms with Crippen LogP contribution in [0, 0.1) is 0 Å². The monoisotopic (exact) mass is 193 g/mol. The Morgan fingerprint density at radius 1 is 1.29 bits per heavy atom. The maximum Gasteiger partial charge on any atom is 0.0657 e. The maximum absolute atomic E-state index is 5.19. The summed E-state index contributed by atoms with van der Waals surface area (Å²) in [6.45, 7) is 3.93. The van der Waals surface area contributed by atoms with Gasteiger partial charge in [-0.3, -0.25) is 0 Å². The van der Waals surface area contributed by atoms with E-state index in [1.165, 1.54) is 5.56 Å². The molecule has 0 bridgehead atoms. The van der Waals surface area contributed by atoms with Crippen LogP contribution in [0.1, 0.15) is 24.9 Å². The van der Waals surface area contributed by atoms with Crippen molar-refractivity contribution in [2.45, 2.75) is 19.4 Å². The summed E-state index contributed by atoms with van der Waals surface area (Å²) < 4.78 is 5.19. The van der Waals surface area contributed by atoms with Crippen LogP contribution in [0.2, 0.25) is 0 Å². The first-order valence-corrected chi connectivity index (χ1v) is 5.15. The van der Waals surface area contributed by atoms with E-state index in [2.05, 4.69) is 36.5 Å². The van der Waals surface area contributed by atoms with E-state index in [0.717, 1.165) is 19.6 Å². The van der Waals surface area contributed by atoms with Gasteiger partial charge in [-0.2, -0.15) is 0 Å². The van der Waals surface area contributed by atoms with Crippen LogP contribution in [-0.4, -0.2) is 20.3 Å². The lowest BCUT2D eigenvalue weighted by molar-refractivity contribution is 0.167. The number of methoxy groups -OCH3 is 1. The molecule has 2 nitrogen and oxygen atoms in total. The fourth-order valence-electron chi connectivity index (χ4n) is 1.44. The number of hydrogen-bond donors (Lipinski definition) is 1. The Morgan fingerprint density at radius 3 is 2.57 bits per heavy atom. The van der Waals surface area contributed by atoms with E-state index in [4.69, 9.17) is 4.74 Å². The van der Waals surface area contributed by atoms with E-state index in [9.17, 15) is 0 Å². The van der Waals surface area contributed by atoms with Gasteiger partial charge >= 0.3 is 0 Å². The lowest BCUT2D eigenvalue weighted by atomic mass is 10.1. The molecule has 14 heavy (non-hydrogen) atoms. The zero-order valence-electron chi connectivity index (χ0n) is 8.99. The average molecular weight is 193 g/mol. The highest BCUT2D eigenvalue weighted by Crippen LogP contribution is 2.12. The Balaban J connectivity index is 2.58. The summed E-state index contributed by atoms with van der Waals surface area (Å²) in [7, 11) is 1.74. The molecule has 0 fully saturated rings. The molecule has 1 N–H and O–H groups in total. The summed E-state index contributed by atoms with van der Waals surface area (Å²) in [6.07, 6.45) is 1.15. The van der Waals surface area contributed by atoms with Crippen molar-refractivity contribution in [2.24, 2.45) is 0 Å². The number of rotatable bonds is 6. The highest BCUT2D eigenvalue weighted by atomic mass is 16.5. The van der Waals surface area contributed by atoms with E-state index in [1.54, 1.807) is 7.11 Å². The zero-order chi connectivity index (χ0) is 10.2. The number of hydrogen-bond acceptors (Lipinski definition) is 2. The molecule has 1 aromatic carbocycles. The molecular weight excluding hydrogens is 174 g/mol. The summed E-state index contributed by atoms with van der Waals surface area (Å²) in [5, 5.41) is 3.46. The smallest absolute Gasteiger partial charge is 0.0657 e. The molecule has 0 amide bonds. The Labute approximate surface area is 86.3 Å². The minimum Gasteiger partial charge on any atom is -0.383 e. The Hall–Kier alpha value is -0.860. The van der Waals surface area contributed by atoms with Crippen LogP contribution in [0.4, 0.5) is 0 Å². The Morgan fingerprint density at radius 2 is 2.00 bits per heavy atom. The first-order chi connectivity index (χ1) is 6.88. The second-order valence-corrected chi connectivity index (χ2v) is 3.37. The Bertz CT molecular complexity index is 235. The molecule has 0 aliphatic carbocycles. The van der Waals surface area contributed by atoms with Gasteiger partial charge < -0.3 is 10.1 Å². The van der Waals surface area contributed by atoms with Crippen LogP contribution in [0.25, 0.3) is 0 Å². The second kappa shape index (κ2) is 6.57. The van der Waals surface area contributed by atoms with Crippen molar-refractivity contribution in [2.75, 3.05) is 20.3 Å². The number of benzene rings is 1. The first-order valence-electron chi connectivity index (χ1n) is 5.15. The molecule has 1 aromatic rings. The molecule has 1 rings (SSSR count). The molecule has 0 radical (unpaired) electrons. The van der Waals surface area contributed by atoms with Crippen LogP contribution in [0.15, 0.2) is 30.3 Å². The zero-order valence-corrected chi connectivity index (χ0v) is 8.99. The second-order valence-electron chi connectivity index (χ2n) is 3.37. The van der Waals surface area contributed by atoms with Gasteiger partial charge in [-0.1, -0.05) is 37.3 Å². The van der Waals surface area contributed by atoms with Crippen molar-refractivity contribution in [3.63, 3.8) is 0 Å². The van der Waals surface area contributed by atoms with Gasteiger partial charge in [0.1, 0.15) is 0 Å². The molecule has 0 saturated heterocycles. The van der Waals surface area contributed by atoms with Crippen LogP contribution in [0.3, 0.4) is 0 Å². The third kappa shape index (κ3) is 3.48. The van der Waals surface area contributed by atoms with E-state index in [-0.39, 0.29) is 0 Å². The van der Waals surface area contributed by atoms with Gasteiger partial charge in [0.05, 0.1) is 12.6 Å². The maximum atomic E-state index is 5.19. The van der Waals surface area contributed by atoms with Gasteiger partial charge in [0, 0.05) is 7.11 Å². The normalized spacial score (nSPS) is 12.7. The van der Waals surface area contributed by atoms with E-state index >= 15 is 0 Å². The topological polar surface area (TPSA) is 21.3 Å². The summed E-state index contributed by atoms with van der Waals surface area (Å²) in [5.74, 6) is 0. The molecule has 0 aliphatic rings. The highest BCUT2D eigenvalue weighted by Gasteiger charge is 2.08.